The maximum atomic E-state index is 11.9. The molecule has 1 aromatic rings. The van der Waals surface area contributed by atoms with E-state index in [1.165, 1.54) is 0 Å². The van der Waals surface area contributed by atoms with Crippen molar-refractivity contribution in [3.8, 4) is 5.75 Å². The molecule has 1 rings (SSSR count). The zero-order valence-electron chi connectivity index (χ0n) is 12.4. The third kappa shape index (κ3) is 5.89. The Bertz CT molecular complexity index is 415. The standard InChI is InChI=1S/C16H24N2O2/c1-4-12-20-15-8-6-14(7-9-15)13-18(3)16(19)10-11-17-5-2/h4,6-9,17H,1,5,10-13H2,2-3H3. The Morgan fingerprint density at radius 3 is 2.70 bits per heavy atom. The number of nitrogens with one attached hydrogen (secondary N) is 1. The molecule has 0 saturated heterocycles. The molecule has 0 aliphatic rings. The van der Waals surface area contributed by atoms with E-state index in [1.807, 2.05) is 38.2 Å². The minimum atomic E-state index is 0.151. The number of hydrogen-bond donors (Lipinski definition) is 1. The van der Waals surface area contributed by atoms with E-state index in [2.05, 4.69) is 11.9 Å². The fourth-order valence-corrected chi connectivity index (χ4v) is 1.77. The van der Waals surface area contributed by atoms with E-state index in [9.17, 15) is 4.79 Å². The van der Waals surface area contributed by atoms with Gasteiger partial charge in [-0.15, -0.1) is 0 Å². The fraction of sp³-hybridized carbons (Fsp3) is 0.438. The molecule has 4 nitrogen and oxygen atoms in total. The summed E-state index contributed by atoms with van der Waals surface area (Å²) in [6.07, 6.45) is 2.25. The lowest BCUT2D eigenvalue weighted by Gasteiger charge is -2.17. The average molecular weight is 276 g/mol. The highest BCUT2D eigenvalue weighted by atomic mass is 16.5. The van der Waals surface area contributed by atoms with E-state index in [4.69, 9.17) is 4.74 Å². The van der Waals surface area contributed by atoms with Gasteiger partial charge >= 0.3 is 0 Å². The topological polar surface area (TPSA) is 41.6 Å². The predicted octanol–water partition coefficient (Wildman–Crippen LogP) is 2.21. The number of carbonyl (C=O) groups excluding carboxylic acids is 1. The maximum absolute atomic E-state index is 11.9. The summed E-state index contributed by atoms with van der Waals surface area (Å²) < 4.78 is 5.42. The summed E-state index contributed by atoms with van der Waals surface area (Å²) in [5, 5.41) is 3.15. The Hall–Kier alpha value is -1.81. The molecule has 0 bridgehead atoms. The smallest absolute Gasteiger partial charge is 0.223 e. The van der Waals surface area contributed by atoms with Crippen molar-refractivity contribution in [3.05, 3.63) is 42.5 Å². The molecule has 0 radical (unpaired) electrons. The van der Waals surface area contributed by atoms with Crippen LogP contribution in [0.4, 0.5) is 0 Å². The highest BCUT2D eigenvalue weighted by Gasteiger charge is 2.08. The monoisotopic (exact) mass is 276 g/mol. The number of benzene rings is 1. The lowest BCUT2D eigenvalue weighted by Crippen LogP contribution is -2.29. The Morgan fingerprint density at radius 2 is 2.10 bits per heavy atom. The van der Waals surface area contributed by atoms with E-state index in [1.54, 1.807) is 11.0 Å². The third-order valence-electron chi connectivity index (χ3n) is 2.90. The Balaban J connectivity index is 2.42. The molecule has 4 heteroatoms. The highest BCUT2D eigenvalue weighted by molar-refractivity contribution is 5.76. The van der Waals surface area contributed by atoms with Gasteiger partial charge in [-0.3, -0.25) is 4.79 Å². The Labute approximate surface area is 121 Å². The summed E-state index contributed by atoms with van der Waals surface area (Å²) in [4.78, 5) is 13.6. The lowest BCUT2D eigenvalue weighted by atomic mass is 10.2. The van der Waals surface area contributed by atoms with Gasteiger partial charge in [-0.05, 0) is 24.2 Å². The van der Waals surface area contributed by atoms with Gasteiger partial charge in [0.2, 0.25) is 5.91 Å². The van der Waals surface area contributed by atoms with Crippen molar-refractivity contribution in [1.29, 1.82) is 0 Å². The molecule has 0 aliphatic carbocycles. The molecule has 0 atom stereocenters. The van der Waals surface area contributed by atoms with Crippen LogP contribution in [-0.4, -0.2) is 37.6 Å². The van der Waals surface area contributed by atoms with Gasteiger partial charge in [0.05, 0.1) is 0 Å². The maximum Gasteiger partial charge on any atom is 0.223 e. The zero-order chi connectivity index (χ0) is 14.8. The van der Waals surface area contributed by atoms with Crippen LogP contribution in [-0.2, 0) is 11.3 Å². The summed E-state index contributed by atoms with van der Waals surface area (Å²) in [7, 11) is 1.83. The van der Waals surface area contributed by atoms with Gasteiger partial charge in [-0.25, -0.2) is 0 Å². The molecule has 20 heavy (non-hydrogen) atoms. The molecule has 0 heterocycles. The van der Waals surface area contributed by atoms with E-state index < -0.39 is 0 Å². The second-order valence-corrected chi connectivity index (χ2v) is 4.60. The molecule has 110 valence electrons. The molecule has 1 amide bonds. The molecular formula is C16H24N2O2. The van der Waals surface area contributed by atoms with E-state index in [-0.39, 0.29) is 5.91 Å². The van der Waals surface area contributed by atoms with Gasteiger partial charge in [0, 0.05) is 26.6 Å². The van der Waals surface area contributed by atoms with Crippen LogP contribution < -0.4 is 10.1 Å². The van der Waals surface area contributed by atoms with Crippen LogP contribution in [0.15, 0.2) is 36.9 Å². The lowest BCUT2D eigenvalue weighted by molar-refractivity contribution is -0.130. The molecule has 0 aliphatic heterocycles. The number of hydrogen-bond acceptors (Lipinski definition) is 3. The summed E-state index contributed by atoms with van der Waals surface area (Å²) >= 11 is 0. The van der Waals surface area contributed by atoms with Crippen LogP contribution in [0.2, 0.25) is 0 Å². The SMILES string of the molecule is C=CCOc1ccc(CN(C)C(=O)CCNCC)cc1. The van der Waals surface area contributed by atoms with Crippen molar-refractivity contribution in [1.82, 2.24) is 10.2 Å². The summed E-state index contributed by atoms with van der Waals surface area (Å²) in [5.74, 6) is 0.965. The van der Waals surface area contributed by atoms with Crippen molar-refractivity contribution in [3.63, 3.8) is 0 Å². The zero-order valence-corrected chi connectivity index (χ0v) is 12.4. The Morgan fingerprint density at radius 1 is 1.40 bits per heavy atom. The molecule has 1 aromatic carbocycles. The number of rotatable bonds is 9. The van der Waals surface area contributed by atoms with Crippen molar-refractivity contribution >= 4 is 5.91 Å². The van der Waals surface area contributed by atoms with Gasteiger partial charge in [-0.2, -0.15) is 0 Å². The molecule has 0 unspecified atom stereocenters. The highest BCUT2D eigenvalue weighted by Crippen LogP contribution is 2.13. The normalized spacial score (nSPS) is 10.1. The van der Waals surface area contributed by atoms with Crippen LogP contribution in [0, 0.1) is 0 Å². The van der Waals surface area contributed by atoms with Crippen LogP contribution in [0.3, 0.4) is 0 Å². The number of amides is 1. The first kappa shape index (κ1) is 16.2. The van der Waals surface area contributed by atoms with E-state index in [0.717, 1.165) is 24.4 Å². The van der Waals surface area contributed by atoms with Crippen LogP contribution in [0.1, 0.15) is 18.9 Å². The Kier molecular flexibility index (Phi) is 7.43. The predicted molar refractivity (Wildman–Crippen MR) is 81.8 cm³/mol. The first-order chi connectivity index (χ1) is 9.67. The van der Waals surface area contributed by atoms with Crippen LogP contribution in [0.5, 0.6) is 5.75 Å². The van der Waals surface area contributed by atoms with E-state index >= 15 is 0 Å². The minimum absolute atomic E-state index is 0.151. The van der Waals surface area contributed by atoms with Crippen molar-refractivity contribution < 1.29 is 9.53 Å². The fourth-order valence-electron chi connectivity index (χ4n) is 1.77. The number of ether oxygens (including phenoxy) is 1. The molecule has 0 aromatic heterocycles. The van der Waals surface area contributed by atoms with Gasteiger partial charge in [0.25, 0.3) is 0 Å². The number of carbonyl (C=O) groups is 1. The van der Waals surface area contributed by atoms with Crippen LogP contribution in [0.25, 0.3) is 0 Å². The second kappa shape index (κ2) is 9.15. The van der Waals surface area contributed by atoms with Gasteiger partial charge < -0.3 is 15.0 Å². The molecule has 0 spiro atoms. The molecule has 0 fully saturated rings. The van der Waals surface area contributed by atoms with Gasteiger partial charge in [0.15, 0.2) is 0 Å². The van der Waals surface area contributed by atoms with Crippen molar-refractivity contribution in [2.45, 2.75) is 19.9 Å². The summed E-state index contributed by atoms with van der Waals surface area (Å²) in [6, 6.07) is 7.78. The first-order valence-electron chi connectivity index (χ1n) is 6.94. The van der Waals surface area contributed by atoms with E-state index in [0.29, 0.717) is 19.6 Å². The van der Waals surface area contributed by atoms with Crippen molar-refractivity contribution in [2.75, 3.05) is 26.7 Å². The quantitative estimate of drug-likeness (QED) is 0.555. The van der Waals surface area contributed by atoms with Gasteiger partial charge in [-0.1, -0.05) is 31.7 Å². The first-order valence-corrected chi connectivity index (χ1v) is 6.94. The molecule has 1 N–H and O–H groups in total. The van der Waals surface area contributed by atoms with Crippen LogP contribution >= 0.6 is 0 Å². The summed E-state index contributed by atoms with van der Waals surface area (Å²) in [5.41, 5.74) is 1.09. The second-order valence-electron chi connectivity index (χ2n) is 4.60. The van der Waals surface area contributed by atoms with Gasteiger partial charge in [0.1, 0.15) is 12.4 Å². The largest absolute Gasteiger partial charge is 0.490 e. The summed E-state index contributed by atoms with van der Waals surface area (Å²) in [6.45, 7) is 8.38. The average Bonchev–Trinajstić information content (AvgIpc) is 2.46. The van der Waals surface area contributed by atoms with Crippen molar-refractivity contribution in [2.24, 2.45) is 0 Å². The minimum Gasteiger partial charge on any atom is -0.490 e. The third-order valence-corrected chi connectivity index (χ3v) is 2.90. The number of nitrogens with zero attached hydrogens (tertiary/aromatic N) is 1. The molecule has 0 saturated carbocycles. The molecular weight excluding hydrogens is 252 g/mol.